The molecule has 0 bridgehead atoms. The summed E-state index contributed by atoms with van der Waals surface area (Å²) in [6, 6.07) is 1.32. The largest absolute Gasteiger partial charge is 0.492 e. The van der Waals surface area contributed by atoms with Crippen molar-refractivity contribution >= 4 is 22.6 Å². The van der Waals surface area contributed by atoms with Crippen molar-refractivity contribution in [3.8, 4) is 11.5 Å². The minimum absolute atomic E-state index is 0.0138. The number of fused-ring (bicyclic) bond motifs is 3. The Labute approximate surface area is 260 Å². The Kier molecular flexibility index (Phi) is 7.29. The fourth-order valence-electron chi connectivity index (χ4n) is 7.55. The number of carbonyl (C=O) groups is 1. The second-order valence-electron chi connectivity index (χ2n) is 13.2. The van der Waals surface area contributed by atoms with Crippen LogP contribution < -0.4 is 19.8 Å². The number of piperidine rings is 1. The predicted octanol–water partition coefficient (Wildman–Crippen LogP) is 4.12. The maximum Gasteiger partial charge on any atom is 0.341 e. The highest BCUT2D eigenvalue weighted by Crippen LogP contribution is 2.46. The van der Waals surface area contributed by atoms with Crippen molar-refractivity contribution in [1.29, 1.82) is 0 Å². The smallest absolute Gasteiger partial charge is 0.341 e. The average Bonchev–Trinajstić information content (AvgIpc) is 3.75. The van der Waals surface area contributed by atoms with Crippen LogP contribution in [0.3, 0.4) is 0 Å². The van der Waals surface area contributed by atoms with Crippen LogP contribution in [0.15, 0.2) is 17.1 Å². The van der Waals surface area contributed by atoms with E-state index in [4.69, 9.17) is 19.2 Å². The molecular weight excluding hydrogens is 583 g/mol. The molecule has 1 aromatic carbocycles. The van der Waals surface area contributed by atoms with Gasteiger partial charge in [0.25, 0.3) is 0 Å². The molecule has 3 fully saturated rings. The lowest BCUT2D eigenvalue weighted by Gasteiger charge is -2.38. The van der Waals surface area contributed by atoms with Gasteiger partial charge in [-0.1, -0.05) is 0 Å². The molecule has 3 aromatic rings. The van der Waals surface area contributed by atoms with Gasteiger partial charge in [0.2, 0.25) is 11.2 Å². The number of nitrogens with zero attached hydrogens (tertiary/aromatic N) is 4. The zero-order valence-electron chi connectivity index (χ0n) is 26.1. The van der Waals surface area contributed by atoms with E-state index in [1.807, 2.05) is 25.7 Å². The van der Waals surface area contributed by atoms with Gasteiger partial charge in [0.1, 0.15) is 17.0 Å². The number of hydrogen-bond acceptors (Lipinski definition) is 9. The van der Waals surface area contributed by atoms with Crippen LogP contribution in [0.2, 0.25) is 0 Å². The van der Waals surface area contributed by atoms with Crippen LogP contribution in [0.25, 0.3) is 10.9 Å². The molecule has 5 heterocycles. The van der Waals surface area contributed by atoms with E-state index in [2.05, 4.69) is 4.90 Å². The summed E-state index contributed by atoms with van der Waals surface area (Å²) in [6.07, 6.45) is 5.04. The number of aromatic nitrogens is 2. The molecule has 2 saturated heterocycles. The van der Waals surface area contributed by atoms with Gasteiger partial charge in [-0.05, 0) is 51.1 Å². The summed E-state index contributed by atoms with van der Waals surface area (Å²) in [5.41, 5.74) is 2.75. The summed E-state index contributed by atoms with van der Waals surface area (Å²) in [4.78, 5) is 34.3. The van der Waals surface area contributed by atoms with Crippen molar-refractivity contribution in [1.82, 2.24) is 14.5 Å². The number of carboxylic acid groups (broad SMARTS) is 1. The lowest BCUT2D eigenvalue weighted by molar-refractivity contribution is -0.181. The zero-order chi connectivity index (χ0) is 31.8. The maximum absolute atomic E-state index is 16.1. The number of anilines is 1. The van der Waals surface area contributed by atoms with Crippen molar-refractivity contribution < 1.29 is 33.6 Å². The number of likely N-dealkylation sites (tertiary alicyclic amines) is 1. The van der Waals surface area contributed by atoms with Gasteiger partial charge in [-0.3, -0.25) is 14.7 Å². The maximum atomic E-state index is 16.1. The number of carboxylic acids is 1. The summed E-state index contributed by atoms with van der Waals surface area (Å²) < 4.78 is 35.7. The first-order valence-corrected chi connectivity index (χ1v) is 15.6. The number of pyridine rings is 2. The molecule has 3 aliphatic heterocycles. The molecule has 0 spiro atoms. The second-order valence-corrected chi connectivity index (χ2v) is 13.2. The number of aromatic carboxylic acids is 1. The molecule has 0 unspecified atom stereocenters. The highest BCUT2D eigenvalue weighted by Gasteiger charge is 2.42. The summed E-state index contributed by atoms with van der Waals surface area (Å²) in [6.45, 7) is 8.29. The van der Waals surface area contributed by atoms with Crippen molar-refractivity contribution in [3.63, 3.8) is 0 Å². The van der Waals surface area contributed by atoms with Gasteiger partial charge in [-0.15, -0.1) is 0 Å². The van der Waals surface area contributed by atoms with E-state index in [1.165, 1.54) is 19.4 Å². The standard InChI is InChI=1S/C33H39FN4O7/c1-17-30-23(16-44-33(2,3)45-30)22(15-39)25(35-17)13-36-9-5-6-18-11-37(14-26(18)36)28-24(34)10-20-27(31(28)43-4)38(19-7-8-19)12-21(29(20)40)32(41)42/h10,12,18-19,26,39H,5-9,11,13-16H2,1-4H3,(H,41,42)/t18-,26+/m0/s1. The first kappa shape index (κ1) is 29.9. The van der Waals surface area contributed by atoms with Crippen LogP contribution in [0.1, 0.15) is 78.4 Å². The van der Waals surface area contributed by atoms with Crippen LogP contribution in [0.4, 0.5) is 10.1 Å². The normalized spacial score (nSPS) is 22.7. The van der Waals surface area contributed by atoms with E-state index >= 15 is 4.39 Å². The van der Waals surface area contributed by atoms with Gasteiger partial charge in [0.05, 0.1) is 42.6 Å². The van der Waals surface area contributed by atoms with E-state index in [0.29, 0.717) is 43.2 Å². The quantitative estimate of drug-likeness (QED) is 0.397. The van der Waals surface area contributed by atoms with Crippen LogP contribution in [0.5, 0.6) is 11.5 Å². The third kappa shape index (κ3) is 5.03. The highest BCUT2D eigenvalue weighted by atomic mass is 19.1. The van der Waals surface area contributed by atoms with Gasteiger partial charge < -0.3 is 33.9 Å². The number of aliphatic hydroxyl groups excluding tert-OH is 1. The molecule has 1 saturated carbocycles. The van der Waals surface area contributed by atoms with Crippen LogP contribution >= 0.6 is 0 Å². The molecule has 2 atom stereocenters. The molecule has 2 N–H and O–H groups in total. The number of methoxy groups -OCH3 is 1. The number of benzene rings is 1. The number of hydrogen-bond donors (Lipinski definition) is 2. The molecule has 1 aliphatic carbocycles. The number of halogens is 1. The lowest BCUT2D eigenvalue weighted by atomic mass is 9.91. The minimum Gasteiger partial charge on any atom is -0.492 e. The Balaban J connectivity index is 1.24. The number of aliphatic hydroxyl groups is 1. The van der Waals surface area contributed by atoms with Gasteiger partial charge in [0, 0.05) is 62.9 Å². The molecule has 11 nitrogen and oxygen atoms in total. The van der Waals surface area contributed by atoms with Crippen molar-refractivity contribution in [2.45, 2.75) is 84.1 Å². The van der Waals surface area contributed by atoms with E-state index in [9.17, 15) is 19.8 Å². The molecule has 2 aromatic heterocycles. The fourth-order valence-corrected chi connectivity index (χ4v) is 7.55. The lowest BCUT2D eigenvalue weighted by Crippen LogP contribution is -2.45. The topological polar surface area (TPSA) is 127 Å². The van der Waals surface area contributed by atoms with Crippen LogP contribution in [-0.4, -0.2) is 69.2 Å². The van der Waals surface area contributed by atoms with E-state index in [-0.39, 0.29) is 41.3 Å². The predicted molar refractivity (Wildman–Crippen MR) is 163 cm³/mol. The minimum atomic E-state index is -1.33. The number of aryl methyl sites for hydroxylation is 1. The summed E-state index contributed by atoms with van der Waals surface area (Å²) in [5, 5.41) is 20.1. The fraction of sp³-hybridized carbons (Fsp3) is 0.545. The van der Waals surface area contributed by atoms with Crippen molar-refractivity contribution in [2.75, 3.05) is 31.6 Å². The molecular formula is C33H39FN4O7. The molecule has 0 radical (unpaired) electrons. The Morgan fingerprint density at radius 3 is 2.71 bits per heavy atom. The first-order chi connectivity index (χ1) is 21.5. The van der Waals surface area contributed by atoms with Crippen molar-refractivity contribution in [3.05, 3.63) is 56.4 Å². The van der Waals surface area contributed by atoms with Gasteiger partial charge in [0.15, 0.2) is 11.6 Å². The van der Waals surface area contributed by atoms with Crippen LogP contribution in [-0.2, 0) is 24.5 Å². The van der Waals surface area contributed by atoms with Gasteiger partial charge >= 0.3 is 5.97 Å². The Hall–Kier alpha value is -3.74. The van der Waals surface area contributed by atoms with Crippen molar-refractivity contribution in [2.24, 2.45) is 5.92 Å². The summed E-state index contributed by atoms with van der Waals surface area (Å²) >= 11 is 0. The number of rotatable bonds is 7. The molecule has 45 heavy (non-hydrogen) atoms. The SMILES string of the molecule is COc1c(N2C[C@@H]3CCCN(Cc4nc(C)c5c(c4CO)COC(C)(C)O5)[C@@H]3C2)c(F)cc2c(=O)c(C(=O)O)cn(C3CC3)c12. The summed E-state index contributed by atoms with van der Waals surface area (Å²) in [5.74, 6) is -1.52. The Morgan fingerprint density at radius 1 is 1.24 bits per heavy atom. The highest BCUT2D eigenvalue weighted by molar-refractivity contribution is 5.97. The van der Waals surface area contributed by atoms with Gasteiger partial charge in [-0.25, -0.2) is 9.18 Å². The Bertz CT molecular complexity index is 1770. The van der Waals surface area contributed by atoms with Crippen LogP contribution in [0, 0.1) is 18.7 Å². The molecule has 0 amide bonds. The molecule has 4 aliphatic rings. The third-order valence-electron chi connectivity index (χ3n) is 9.83. The number of ether oxygens (including phenoxy) is 3. The van der Waals surface area contributed by atoms with E-state index < -0.39 is 23.0 Å². The zero-order valence-corrected chi connectivity index (χ0v) is 26.1. The average molecular weight is 623 g/mol. The second kappa shape index (κ2) is 11.0. The first-order valence-electron chi connectivity index (χ1n) is 15.6. The molecule has 240 valence electrons. The monoisotopic (exact) mass is 622 g/mol. The molecule has 12 heteroatoms. The summed E-state index contributed by atoms with van der Waals surface area (Å²) in [7, 11) is 1.47. The van der Waals surface area contributed by atoms with E-state index in [0.717, 1.165) is 54.7 Å². The third-order valence-corrected chi connectivity index (χ3v) is 9.83. The molecule has 7 rings (SSSR count). The Morgan fingerprint density at radius 2 is 2.02 bits per heavy atom. The van der Waals surface area contributed by atoms with Gasteiger partial charge in [-0.2, -0.15) is 0 Å². The van der Waals surface area contributed by atoms with E-state index in [1.54, 1.807) is 4.57 Å².